The first-order valence-corrected chi connectivity index (χ1v) is 3.35. The molecule has 0 saturated carbocycles. The minimum absolute atomic E-state index is 0.0992. The number of aromatic nitrogens is 2. The second kappa shape index (κ2) is 4.30. The Morgan fingerprint density at radius 2 is 2.23 bits per heavy atom. The van der Waals surface area contributed by atoms with Gasteiger partial charge in [0.2, 0.25) is 5.88 Å². The van der Waals surface area contributed by atoms with Crippen molar-refractivity contribution in [1.82, 2.24) is 9.97 Å². The Morgan fingerprint density at radius 3 is 2.69 bits per heavy atom. The highest BCUT2D eigenvalue weighted by Crippen LogP contribution is 2.07. The molecule has 1 rings (SSSR count). The summed E-state index contributed by atoms with van der Waals surface area (Å²) in [4.78, 5) is 7.20. The van der Waals surface area contributed by atoms with Crippen molar-refractivity contribution in [2.45, 2.75) is 13.0 Å². The summed E-state index contributed by atoms with van der Waals surface area (Å²) in [5, 5.41) is 8.27. The van der Waals surface area contributed by atoms with Crippen molar-refractivity contribution in [3.8, 4) is 11.9 Å². The fourth-order valence-corrected chi connectivity index (χ4v) is 0.667. The van der Waals surface area contributed by atoms with Crippen molar-refractivity contribution < 1.29 is 13.5 Å². The molecule has 0 atom stereocenters. The van der Waals surface area contributed by atoms with E-state index in [1.165, 1.54) is 6.20 Å². The van der Waals surface area contributed by atoms with Crippen LogP contribution in [0.1, 0.15) is 5.69 Å². The lowest BCUT2D eigenvalue weighted by atomic mass is 10.3. The molecule has 1 heterocycles. The molecule has 0 N–H and O–H groups in total. The number of nitrogens with zero attached hydrogens (tertiary/aromatic N) is 3. The number of hydrogen-bond donors (Lipinski definition) is 0. The van der Waals surface area contributed by atoms with Crippen LogP contribution >= 0.6 is 0 Å². The van der Waals surface area contributed by atoms with E-state index in [9.17, 15) is 8.78 Å². The van der Waals surface area contributed by atoms with Crippen LogP contribution in [0.3, 0.4) is 0 Å². The molecule has 0 fully saturated rings. The van der Waals surface area contributed by atoms with Crippen LogP contribution in [-0.2, 0) is 6.42 Å². The summed E-state index contributed by atoms with van der Waals surface area (Å²) in [7, 11) is 0. The minimum atomic E-state index is -2.91. The van der Waals surface area contributed by atoms with E-state index in [4.69, 9.17) is 5.26 Å². The van der Waals surface area contributed by atoms with Crippen LogP contribution < -0.4 is 4.74 Å². The van der Waals surface area contributed by atoms with E-state index in [1.54, 1.807) is 0 Å². The zero-order valence-corrected chi connectivity index (χ0v) is 6.44. The van der Waals surface area contributed by atoms with Gasteiger partial charge in [-0.2, -0.15) is 14.0 Å². The summed E-state index contributed by atoms with van der Waals surface area (Å²) >= 11 is 0. The van der Waals surface area contributed by atoms with Crippen LogP contribution in [0.5, 0.6) is 5.88 Å². The average Bonchev–Trinajstić information content (AvgIpc) is 2.08. The molecule has 0 bridgehead atoms. The van der Waals surface area contributed by atoms with Gasteiger partial charge in [0.25, 0.3) is 0 Å². The highest BCUT2D eigenvalue weighted by molar-refractivity contribution is 5.09. The summed E-state index contributed by atoms with van der Waals surface area (Å²) in [6, 6.07) is 1.85. The maximum absolute atomic E-state index is 11.6. The topological polar surface area (TPSA) is 58.8 Å². The largest absolute Gasteiger partial charge is 0.415 e. The fourth-order valence-electron chi connectivity index (χ4n) is 0.667. The highest BCUT2D eigenvalue weighted by atomic mass is 19.3. The minimum Gasteiger partial charge on any atom is -0.415 e. The van der Waals surface area contributed by atoms with Crippen LogP contribution in [0.25, 0.3) is 0 Å². The molecule has 0 aromatic carbocycles. The van der Waals surface area contributed by atoms with Crippen molar-refractivity contribution in [3.05, 3.63) is 18.1 Å². The third kappa shape index (κ3) is 2.99. The Balaban J connectivity index is 2.65. The second-order valence-corrected chi connectivity index (χ2v) is 2.06. The monoisotopic (exact) mass is 185 g/mol. The van der Waals surface area contributed by atoms with Gasteiger partial charge in [-0.05, 0) is 0 Å². The maximum Gasteiger partial charge on any atom is 0.388 e. The van der Waals surface area contributed by atoms with Gasteiger partial charge in [-0.1, -0.05) is 0 Å². The molecule has 0 aliphatic rings. The predicted molar refractivity (Wildman–Crippen MR) is 38.0 cm³/mol. The van der Waals surface area contributed by atoms with E-state index < -0.39 is 6.61 Å². The third-order valence-corrected chi connectivity index (χ3v) is 1.15. The molecule has 1 aromatic rings. The maximum atomic E-state index is 11.6. The number of hydrogen-bond acceptors (Lipinski definition) is 4. The van der Waals surface area contributed by atoms with Gasteiger partial charge in [0, 0.05) is 0 Å². The quantitative estimate of drug-likeness (QED) is 0.708. The lowest BCUT2D eigenvalue weighted by molar-refractivity contribution is -0.0531. The van der Waals surface area contributed by atoms with Crippen LogP contribution in [0.4, 0.5) is 8.78 Å². The summed E-state index contributed by atoms with van der Waals surface area (Å²) in [5.74, 6) is -0.253. The van der Waals surface area contributed by atoms with Gasteiger partial charge < -0.3 is 4.74 Å². The molecule has 1 aromatic heterocycles. The number of halogens is 2. The Hall–Kier alpha value is -1.77. The van der Waals surface area contributed by atoms with Gasteiger partial charge in [-0.15, -0.1) is 0 Å². The van der Waals surface area contributed by atoms with Crippen molar-refractivity contribution >= 4 is 0 Å². The molecule has 68 valence electrons. The van der Waals surface area contributed by atoms with Gasteiger partial charge in [0.05, 0.1) is 30.6 Å². The van der Waals surface area contributed by atoms with Crippen molar-refractivity contribution in [2.24, 2.45) is 0 Å². The van der Waals surface area contributed by atoms with Crippen LogP contribution in [0.15, 0.2) is 12.4 Å². The molecular weight excluding hydrogens is 180 g/mol. The van der Waals surface area contributed by atoms with Crippen molar-refractivity contribution in [2.75, 3.05) is 0 Å². The molecule has 0 aliphatic carbocycles. The van der Waals surface area contributed by atoms with E-state index >= 15 is 0 Å². The normalized spacial score (nSPS) is 9.69. The molecule has 0 radical (unpaired) electrons. The fraction of sp³-hybridized carbons (Fsp3) is 0.286. The van der Waals surface area contributed by atoms with Crippen LogP contribution in [0.2, 0.25) is 0 Å². The first kappa shape index (κ1) is 9.32. The average molecular weight is 185 g/mol. The zero-order valence-electron chi connectivity index (χ0n) is 6.44. The highest BCUT2D eigenvalue weighted by Gasteiger charge is 2.05. The van der Waals surface area contributed by atoms with E-state index in [-0.39, 0.29) is 12.3 Å². The second-order valence-electron chi connectivity index (χ2n) is 2.06. The summed E-state index contributed by atoms with van der Waals surface area (Å²) in [6.45, 7) is -2.91. The lowest BCUT2D eigenvalue weighted by Gasteiger charge is -2.01. The van der Waals surface area contributed by atoms with Crippen molar-refractivity contribution in [3.63, 3.8) is 0 Å². The van der Waals surface area contributed by atoms with Gasteiger partial charge in [0.15, 0.2) is 0 Å². The SMILES string of the molecule is N#CCc1cnc(OC(F)F)cn1. The summed E-state index contributed by atoms with van der Waals surface area (Å²) < 4.78 is 27.2. The standard InChI is InChI=1S/C7H5F2N3O/c8-7(9)13-6-4-11-5(1-2-10)3-12-6/h3-4,7H,1H2. The number of rotatable bonds is 3. The Labute approximate surface area is 72.8 Å². The van der Waals surface area contributed by atoms with Gasteiger partial charge in [0.1, 0.15) is 0 Å². The molecule has 0 saturated heterocycles. The zero-order chi connectivity index (χ0) is 9.68. The molecule has 13 heavy (non-hydrogen) atoms. The van der Waals surface area contributed by atoms with E-state index in [0.29, 0.717) is 5.69 Å². The number of alkyl halides is 2. The smallest absolute Gasteiger partial charge is 0.388 e. The summed E-state index contributed by atoms with van der Waals surface area (Å²) in [6.07, 6.45) is 2.38. The van der Waals surface area contributed by atoms with Gasteiger partial charge in [-0.3, -0.25) is 4.98 Å². The van der Waals surface area contributed by atoms with E-state index in [0.717, 1.165) is 6.20 Å². The van der Waals surface area contributed by atoms with Crippen LogP contribution in [-0.4, -0.2) is 16.6 Å². The number of ether oxygens (including phenoxy) is 1. The molecular formula is C7H5F2N3O. The van der Waals surface area contributed by atoms with Crippen molar-refractivity contribution in [1.29, 1.82) is 5.26 Å². The number of nitriles is 1. The van der Waals surface area contributed by atoms with E-state index in [1.807, 2.05) is 6.07 Å². The Kier molecular flexibility index (Phi) is 3.09. The van der Waals surface area contributed by atoms with Crippen LogP contribution in [0, 0.1) is 11.3 Å². The Bertz CT molecular complexity index is 307. The summed E-state index contributed by atoms with van der Waals surface area (Å²) in [5.41, 5.74) is 0.420. The van der Waals surface area contributed by atoms with Gasteiger partial charge in [-0.25, -0.2) is 4.98 Å². The molecule has 6 heteroatoms. The first-order chi connectivity index (χ1) is 6.22. The first-order valence-electron chi connectivity index (χ1n) is 3.35. The third-order valence-electron chi connectivity index (χ3n) is 1.15. The molecule has 0 spiro atoms. The van der Waals surface area contributed by atoms with Gasteiger partial charge >= 0.3 is 6.61 Å². The Morgan fingerprint density at radius 1 is 1.46 bits per heavy atom. The molecule has 0 unspecified atom stereocenters. The molecule has 0 amide bonds. The lowest BCUT2D eigenvalue weighted by Crippen LogP contribution is -2.04. The molecule has 4 nitrogen and oxygen atoms in total. The molecule has 0 aliphatic heterocycles. The van der Waals surface area contributed by atoms with E-state index in [2.05, 4.69) is 14.7 Å². The predicted octanol–water partition coefficient (Wildman–Crippen LogP) is 1.14.